The molecule has 3 aromatic rings. The van der Waals surface area contributed by atoms with Gasteiger partial charge in [-0.05, 0) is 53.3 Å². The molecule has 0 fully saturated rings. The highest BCUT2D eigenvalue weighted by atomic mass is 35.5. The minimum atomic E-state index is -0.950. The van der Waals surface area contributed by atoms with Crippen molar-refractivity contribution in [1.82, 2.24) is 15.0 Å². The van der Waals surface area contributed by atoms with Gasteiger partial charge in [-0.1, -0.05) is 36.4 Å². The van der Waals surface area contributed by atoms with E-state index in [1.807, 2.05) is 12.1 Å². The molecule has 0 saturated heterocycles. The molecule has 1 aromatic heterocycles. The molecule has 0 atom stereocenters. The summed E-state index contributed by atoms with van der Waals surface area (Å²) in [6.07, 6.45) is 1.83. The van der Waals surface area contributed by atoms with Crippen LogP contribution in [0.4, 0.5) is 11.9 Å². The van der Waals surface area contributed by atoms with Crippen LogP contribution in [0.25, 0.3) is 0 Å². The Morgan fingerprint density at radius 3 is 2.29 bits per heavy atom. The topological polar surface area (TPSA) is 100 Å². The minimum Gasteiger partial charge on any atom is -0.478 e. The number of carboxylic acids is 1. The fourth-order valence-corrected chi connectivity index (χ4v) is 3.44. The molecule has 1 aliphatic carbocycles. The Morgan fingerprint density at radius 2 is 1.64 bits per heavy atom. The molecule has 2 aromatic carbocycles. The van der Waals surface area contributed by atoms with Crippen molar-refractivity contribution in [3.63, 3.8) is 0 Å². The zero-order valence-electron chi connectivity index (χ0n) is 14.9. The number of nitrogens with one attached hydrogen (secondary N) is 2. The number of aromatic carboxylic acids is 1. The van der Waals surface area contributed by atoms with Crippen molar-refractivity contribution in [3.8, 4) is 0 Å². The van der Waals surface area contributed by atoms with Crippen LogP contribution in [-0.4, -0.2) is 32.1 Å². The molecule has 0 aliphatic heterocycles. The molecule has 1 heterocycles. The molecule has 28 heavy (non-hydrogen) atoms. The van der Waals surface area contributed by atoms with Crippen LogP contribution in [0.3, 0.4) is 0 Å². The Kier molecular flexibility index (Phi) is 5.08. The van der Waals surface area contributed by atoms with E-state index in [4.69, 9.17) is 16.7 Å². The van der Waals surface area contributed by atoms with E-state index in [0.29, 0.717) is 18.4 Å². The van der Waals surface area contributed by atoms with E-state index < -0.39 is 5.97 Å². The SMILES string of the molecule is O=C(O)c1ccc(CNc2nc(Cl)nc(NC3Cc4ccccc4C3)n2)cc1. The molecule has 142 valence electrons. The molecular formula is C20H18ClN5O2. The van der Waals surface area contributed by atoms with Gasteiger partial charge in [0.2, 0.25) is 17.2 Å². The molecule has 3 N–H and O–H groups in total. The average Bonchev–Trinajstić information content (AvgIpc) is 3.08. The summed E-state index contributed by atoms with van der Waals surface area (Å²) in [5.41, 5.74) is 3.82. The van der Waals surface area contributed by atoms with Gasteiger partial charge in [0.05, 0.1) is 5.56 Å². The van der Waals surface area contributed by atoms with Gasteiger partial charge in [-0.15, -0.1) is 0 Å². The van der Waals surface area contributed by atoms with E-state index in [-0.39, 0.29) is 16.9 Å². The molecular weight excluding hydrogens is 378 g/mol. The Bertz CT molecular complexity index is 985. The van der Waals surface area contributed by atoms with Crippen molar-refractivity contribution < 1.29 is 9.90 Å². The number of hydrogen-bond acceptors (Lipinski definition) is 6. The van der Waals surface area contributed by atoms with Gasteiger partial charge in [0.15, 0.2) is 0 Å². The standard InChI is InChI=1S/C20H18ClN5O2/c21-18-24-19(22-11-12-5-7-13(8-6-12)17(27)28)26-20(25-18)23-16-9-14-3-1-2-4-15(14)10-16/h1-8,16H,9-11H2,(H,27,28)(H2,22,23,24,25,26). The van der Waals surface area contributed by atoms with Gasteiger partial charge in [0, 0.05) is 12.6 Å². The Balaban J connectivity index is 1.40. The summed E-state index contributed by atoms with van der Waals surface area (Å²) in [5.74, 6) is -0.157. The molecule has 0 bridgehead atoms. The van der Waals surface area contributed by atoms with Crippen LogP contribution in [-0.2, 0) is 19.4 Å². The van der Waals surface area contributed by atoms with Crippen molar-refractivity contribution in [2.45, 2.75) is 25.4 Å². The summed E-state index contributed by atoms with van der Waals surface area (Å²) in [7, 11) is 0. The van der Waals surface area contributed by atoms with Crippen LogP contribution in [0, 0.1) is 0 Å². The van der Waals surface area contributed by atoms with E-state index in [0.717, 1.165) is 18.4 Å². The van der Waals surface area contributed by atoms with Gasteiger partial charge in [0.25, 0.3) is 0 Å². The second kappa shape index (κ2) is 7.82. The molecule has 0 spiro atoms. The summed E-state index contributed by atoms with van der Waals surface area (Å²) in [4.78, 5) is 23.6. The normalized spacial score (nSPS) is 13.2. The lowest BCUT2D eigenvalue weighted by Crippen LogP contribution is -2.21. The molecule has 1 aliphatic rings. The zero-order valence-corrected chi connectivity index (χ0v) is 15.6. The number of aromatic nitrogens is 3. The van der Waals surface area contributed by atoms with Crippen LogP contribution >= 0.6 is 11.6 Å². The summed E-state index contributed by atoms with van der Waals surface area (Å²) in [6, 6.07) is 15.2. The quantitative estimate of drug-likeness (QED) is 0.588. The smallest absolute Gasteiger partial charge is 0.335 e. The maximum atomic E-state index is 10.9. The fraction of sp³-hybridized carbons (Fsp3) is 0.200. The highest BCUT2D eigenvalue weighted by molar-refractivity contribution is 6.28. The van der Waals surface area contributed by atoms with Crippen molar-refractivity contribution >= 4 is 29.5 Å². The monoisotopic (exact) mass is 395 g/mol. The molecule has 0 saturated carbocycles. The number of anilines is 2. The average molecular weight is 396 g/mol. The van der Waals surface area contributed by atoms with E-state index >= 15 is 0 Å². The number of benzene rings is 2. The van der Waals surface area contributed by atoms with Gasteiger partial charge in [-0.3, -0.25) is 0 Å². The summed E-state index contributed by atoms with van der Waals surface area (Å²) >= 11 is 6.05. The summed E-state index contributed by atoms with van der Waals surface area (Å²) in [5, 5.41) is 15.5. The maximum absolute atomic E-state index is 10.9. The van der Waals surface area contributed by atoms with Crippen molar-refractivity contribution in [2.24, 2.45) is 0 Å². The number of carbonyl (C=O) groups is 1. The third-order valence-corrected chi connectivity index (χ3v) is 4.81. The van der Waals surface area contributed by atoms with Crippen LogP contribution in [0.2, 0.25) is 5.28 Å². The fourth-order valence-electron chi connectivity index (χ4n) is 3.28. The van der Waals surface area contributed by atoms with Crippen LogP contribution in [0.5, 0.6) is 0 Å². The van der Waals surface area contributed by atoms with Crippen LogP contribution in [0.1, 0.15) is 27.0 Å². The van der Waals surface area contributed by atoms with Crippen LogP contribution < -0.4 is 10.6 Å². The number of nitrogens with zero attached hydrogens (tertiary/aromatic N) is 3. The minimum absolute atomic E-state index is 0.108. The predicted molar refractivity (Wildman–Crippen MR) is 107 cm³/mol. The third-order valence-electron chi connectivity index (χ3n) is 4.64. The molecule has 4 rings (SSSR count). The lowest BCUT2D eigenvalue weighted by Gasteiger charge is -2.13. The van der Waals surface area contributed by atoms with E-state index in [1.54, 1.807) is 24.3 Å². The number of hydrogen-bond donors (Lipinski definition) is 3. The highest BCUT2D eigenvalue weighted by Gasteiger charge is 2.21. The number of carboxylic acid groups (broad SMARTS) is 1. The summed E-state index contributed by atoms with van der Waals surface area (Å²) in [6.45, 7) is 0.439. The van der Waals surface area contributed by atoms with E-state index in [9.17, 15) is 4.79 Å². The largest absolute Gasteiger partial charge is 0.478 e. The van der Waals surface area contributed by atoms with Gasteiger partial charge >= 0.3 is 5.97 Å². The Morgan fingerprint density at radius 1 is 1.00 bits per heavy atom. The third kappa shape index (κ3) is 4.20. The second-order valence-electron chi connectivity index (χ2n) is 6.63. The van der Waals surface area contributed by atoms with Crippen LogP contribution in [0.15, 0.2) is 48.5 Å². The van der Waals surface area contributed by atoms with Crippen molar-refractivity contribution in [3.05, 3.63) is 76.1 Å². The second-order valence-corrected chi connectivity index (χ2v) is 6.96. The van der Waals surface area contributed by atoms with Crippen molar-refractivity contribution in [1.29, 1.82) is 0 Å². The molecule has 0 unspecified atom stereocenters. The Hall–Kier alpha value is -3.19. The Labute approximate surface area is 166 Å². The lowest BCUT2D eigenvalue weighted by molar-refractivity contribution is 0.0697. The number of fused-ring (bicyclic) bond motifs is 1. The molecule has 7 nitrogen and oxygen atoms in total. The molecule has 0 amide bonds. The van der Waals surface area contributed by atoms with Gasteiger partial charge < -0.3 is 15.7 Å². The van der Waals surface area contributed by atoms with Crippen molar-refractivity contribution in [2.75, 3.05) is 10.6 Å². The highest BCUT2D eigenvalue weighted by Crippen LogP contribution is 2.24. The predicted octanol–water partition coefficient (Wildman–Crippen LogP) is 3.41. The van der Waals surface area contributed by atoms with E-state index in [2.05, 4.69) is 37.7 Å². The summed E-state index contributed by atoms with van der Waals surface area (Å²) < 4.78 is 0. The van der Waals surface area contributed by atoms with Gasteiger partial charge in [-0.25, -0.2) is 4.79 Å². The lowest BCUT2D eigenvalue weighted by atomic mass is 10.1. The molecule has 0 radical (unpaired) electrons. The first-order valence-electron chi connectivity index (χ1n) is 8.88. The first-order chi connectivity index (χ1) is 13.6. The first-order valence-corrected chi connectivity index (χ1v) is 9.25. The van der Waals surface area contributed by atoms with E-state index in [1.165, 1.54) is 11.1 Å². The number of rotatable bonds is 6. The van der Waals surface area contributed by atoms with Gasteiger partial charge in [-0.2, -0.15) is 15.0 Å². The number of halogens is 1. The maximum Gasteiger partial charge on any atom is 0.335 e. The zero-order chi connectivity index (χ0) is 19.5. The first kappa shape index (κ1) is 18.2. The van der Waals surface area contributed by atoms with Gasteiger partial charge in [0.1, 0.15) is 0 Å². The molecule has 8 heteroatoms.